The van der Waals surface area contributed by atoms with Crippen LogP contribution in [0.4, 0.5) is 17.1 Å². The molecule has 4 heteroatoms. The van der Waals surface area contributed by atoms with E-state index in [9.17, 15) is 0 Å². The highest BCUT2D eigenvalue weighted by atomic mass is 32.1. The summed E-state index contributed by atoms with van der Waals surface area (Å²) < 4.78 is 15.4. The van der Waals surface area contributed by atoms with Crippen LogP contribution in [0.15, 0.2) is 197 Å². The summed E-state index contributed by atoms with van der Waals surface area (Å²) in [5.74, 6) is 0. The van der Waals surface area contributed by atoms with E-state index in [-0.39, 0.29) is 0 Å². The van der Waals surface area contributed by atoms with Gasteiger partial charge < -0.3 is 13.7 Å². The van der Waals surface area contributed by atoms with Gasteiger partial charge in [0.05, 0.1) is 0 Å². The first-order valence-corrected chi connectivity index (χ1v) is 19.7. The summed E-state index contributed by atoms with van der Waals surface area (Å²) in [6.07, 6.45) is 0. The van der Waals surface area contributed by atoms with Gasteiger partial charge in [0.15, 0.2) is 0 Å². The topological polar surface area (TPSA) is 29.5 Å². The van der Waals surface area contributed by atoms with Gasteiger partial charge in [0.2, 0.25) is 0 Å². The second-order valence-electron chi connectivity index (χ2n) is 14.5. The van der Waals surface area contributed by atoms with Gasteiger partial charge in [0, 0.05) is 70.4 Å². The second-order valence-corrected chi connectivity index (χ2v) is 15.5. The lowest BCUT2D eigenvalue weighted by atomic mass is 10.0. The average Bonchev–Trinajstić information content (AvgIpc) is 3.94. The summed E-state index contributed by atoms with van der Waals surface area (Å²) >= 11 is 1.88. The van der Waals surface area contributed by atoms with Gasteiger partial charge in [-0.25, -0.2) is 0 Å². The number of para-hydroxylation sites is 3. The Bertz CT molecular complexity index is 3480. The first-order valence-electron chi connectivity index (χ1n) is 18.9. The predicted molar refractivity (Wildman–Crippen MR) is 237 cm³/mol. The average molecular weight is 734 g/mol. The summed E-state index contributed by atoms with van der Waals surface area (Å²) in [5, 5.41) is 9.66. The number of anilines is 3. The monoisotopic (exact) mass is 733 g/mol. The van der Waals surface area contributed by atoms with E-state index in [0.717, 1.165) is 72.1 Å². The van der Waals surface area contributed by atoms with Crippen LogP contribution in [0.1, 0.15) is 0 Å². The van der Waals surface area contributed by atoms with Crippen LogP contribution >= 0.6 is 11.3 Å². The van der Waals surface area contributed by atoms with Crippen molar-refractivity contribution in [3.63, 3.8) is 0 Å². The minimum atomic E-state index is 0.864. The largest absolute Gasteiger partial charge is 0.456 e. The van der Waals surface area contributed by atoms with Gasteiger partial charge in [-0.2, -0.15) is 0 Å². The van der Waals surface area contributed by atoms with Crippen LogP contribution in [0.2, 0.25) is 0 Å². The molecule has 12 rings (SSSR count). The number of benzene rings is 9. The van der Waals surface area contributed by atoms with Gasteiger partial charge in [-0.15, -0.1) is 11.3 Å². The van der Waals surface area contributed by atoms with Gasteiger partial charge in [-0.05, 0) is 88.1 Å². The molecule has 0 fully saturated rings. The van der Waals surface area contributed by atoms with E-state index in [0.29, 0.717) is 0 Å². The zero-order valence-corrected chi connectivity index (χ0v) is 30.9. The quantitative estimate of drug-likeness (QED) is 0.176. The van der Waals surface area contributed by atoms with Gasteiger partial charge in [0.25, 0.3) is 0 Å². The second kappa shape index (κ2) is 12.2. The number of thiophene rings is 1. The third-order valence-corrected chi connectivity index (χ3v) is 12.5. The highest BCUT2D eigenvalue weighted by Crippen LogP contribution is 2.44. The van der Waals surface area contributed by atoms with Crippen LogP contribution in [0, 0.1) is 0 Å². The fourth-order valence-corrected chi connectivity index (χ4v) is 9.83. The molecule has 56 heavy (non-hydrogen) atoms. The molecule has 12 aromatic rings. The fraction of sp³-hybridized carbons (Fsp3) is 0. The fourth-order valence-electron chi connectivity index (χ4n) is 8.57. The normalized spacial score (nSPS) is 11.9. The summed E-state index contributed by atoms with van der Waals surface area (Å²) in [7, 11) is 0. The van der Waals surface area contributed by atoms with Gasteiger partial charge in [-0.3, -0.25) is 0 Å². The molecule has 0 atom stereocenters. The number of furan rings is 2. The van der Waals surface area contributed by atoms with Crippen molar-refractivity contribution in [1.82, 2.24) is 0 Å². The summed E-state index contributed by atoms with van der Waals surface area (Å²) in [6.45, 7) is 0. The van der Waals surface area contributed by atoms with E-state index in [2.05, 4.69) is 169 Å². The van der Waals surface area contributed by atoms with Gasteiger partial charge >= 0.3 is 0 Å². The first kappa shape index (κ1) is 31.2. The highest BCUT2D eigenvalue weighted by Gasteiger charge is 2.18. The molecule has 0 saturated heterocycles. The van der Waals surface area contributed by atoms with Crippen molar-refractivity contribution in [2.45, 2.75) is 0 Å². The van der Waals surface area contributed by atoms with Crippen molar-refractivity contribution in [3.8, 4) is 22.3 Å². The maximum Gasteiger partial charge on any atom is 0.143 e. The number of nitrogens with zero attached hydrogens (tertiary/aromatic N) is 1. The molecule has 3 heterocycles. The number of rotatable bonds is 5. The van der Waals surface area contributed by atoms with Crippen LogP contribution in [-0.4, -0.2) is 0 Å². The molecule has 0 aliphatic carbocycles. The smallest absolute Gasteiger partial charge is 0.143 e. The molecule has 262 valence electrons. The Balaban J connectivity index is 0.976. The van der Waals surface area contributed by atoms with E-state index in [4.69, 9.17) is 8.83 Å². The molecule has 9 aromatic carbocycles. The summed E-state index contributed by atoms with van der Waals surface area (Å²) in [5.41, 5.74) is 11.3. The molecule has 0 radical (unpaired) electrons. The standard InChI is InChI=1S/C52H31NO2S/c1-2-10-35-30-50-46(29-34(35)9-1)45-16-8-14-40(52(45)56-50)33-21-25-37(26-22-33)53(38-27-28-43-41-11-3-5-17-47(41)54-49(43)31-38)36-23-19-32(20-24-36)39-13-7-15-44-42-12-4-6-18-48(42)55-51(39)44/h1-31H. The molecule has 0 saturated carbocycles. The molecule has 0 bridgehead atoms. The Morgan fingerprint density at radius 3 is 1.66 bits per heavy atom. The lowest BCUT2D eigenvalue weighted by molar-refractivity contribution is 0.669. The van der Waals surface area contributed by atoms with E-state index in [1.54, 1.807) is 0 Å². The minimum absolute atomic E-state index is 0.864. The lowest BCUT2D eigenvalue weighted by Crippen LogP contribution is -2.09. The van der Waals surface area contributed by atoms with E-state index < -0.39 is 0 Å². The third kappa shape index (κ3) is 4.83. The molecule has 0 N–H and O–H groups in total. The molecule has 0 unspecified atom stereocenters. The van der Waals surface area contributed by atoms with E-state index in [1.165, 1.54) is 42.1 Å². The molecule has 0 aliphatic heterocycles. The van der Waals surface area contributed by atoms with Crippen LogP contribution in [0.3, 0.4) is 0 Å². The predicted octanol–water partition coefficient (Wildman–Crippen LogP) is 15.8. The van der Waals surface area contributed by atoms with Crippen molar-refractivity contribution in [1.29, 1.82) is 0 Å². The molecule has 0 spiro atoms. The number of hydrogen-bond donors (Lipinski definition) is 0. The minimum Gasteiger partial charge on any atom is -0.456 e. The Kier molecular flexibility index (Phi) is 6.80. The van der Waals surface area contributed by atoms with Crippen molar-refractivity contribution in [2.24, 2.45) is 0 Å². The SMILES string of the molecule is c1ccc2cc3c(cc2c1)sc1c(-c2ccc(N(c4ccc(-c5cccc6c5oc5ccccc56)cc4)c4ccc5c(c4)oc4ccccc45)cc2)cccc13. The number of fused-ring (bicyclic) bond motifs is 10. The molecule has 3 nitrogen and oxygen atoms in total. The van der Waals surface area contributed by atoms with Crippen LogP contribution in [-0.2, 0) is 0 Å². The zero-order chi connectivity index (χ0) is 36.7. The van der Waals surface area contributed by atoms with Crippen LogP contribution < -0.4 is 4.90 Å². The number of hydrogen-bond acceptors (Lipinski definition) is 4. The maximum absolute atomic E-state index is 6.41. The van der Waals surface area contributed by atoms with Crippen molar-refractivity contribution in [3.05, 3.63) is 188 Å². The van der Waals surface area contributed by atoms with E-state index in [1.807, 2.05) is 35.6 Å². The highest BCUT2D eigenvalue weighted by molar-refractivity contribution is 7.26. The summed E-state index contributed by atoms with van der Waals surface area (Å²) in [4.78, 5) is 2.31. The summed E-state index contributed by atoms with van der Waals surface area (Å²) in [6, 6.07) is 67.2. The maximum atomic E-state index is 6.41. The first-order chi connectivity index (χ1) is 27.7. The van der Waals surface area contributed by atoms with Gasteiger partial charge in [-0.1, -0.05) is 121 Å². The Hall–Kier alpha value is -7.14. The third-order valence-electron chi connectivity index (χ3n) is 11.3. The molecule has 0 amide bonds. The molecular formula is C52H31NO2S. The van der Waals surface area contributed by atoms with E-state index >= 15 is 0 Å². The Morgan fingerprint density at radius 1 is 0.357 bits per heavy atom. The van der Waals surface area contributed by atoms with Gasteiger partial charge in [0.1, 0.15) is 22.3 Å². The molecular weight excluding hydrogens is 703 g/mol. The Labute approximate surface area is 325 Å². The van der Waals surface area contributed by atoms with Crippen LogP contribution in [0.25, 0.3) is 97.1 Å². The Morgan fingerprint density at radius 2 is 0.911 bits per heavy atom. The van der Waals surface area contributed by atoms with Crippen LogP contribution in [0.5, 0.6) is 0 Å². The zero-order valence-electron chi connectivity index (χ0n) is 30.1. The van der Waals surface area contributed by atoms with Crippen molar-refractivity contribution >= 4 is 103 Å². The molecule has 0 aliphatic rings. The van der Waals surface area contributed by atoms with Crippen molar-refractivity contribution < 1.29 is 8.83 Å². The molecule has 3 aromatic heterocycles. The van der Waals surface area contributed by atoms with Crippen molar-refractivity contribution in [2.75, 3.05) is 4.90 Å². The lowest BCUT2D eigenvalue weighted by Gasteiger charge is -2.26.